The first kappa shape index (κ1) is 12.1. The van der Waals surface area contributed by atoms with Gasteiger partial charge in [-0.25, -0.2) is 0 Å². The summed E-state index contributed by atoms with van der Waals surface area (Å²) in [4.78, 5) is 14.2. The minimum Gasteiger partial charge on any atom is -0.469 e. The van der Waals surface area contributed by atoms with E-state index in [4.69, 9.17) is 10.2 Å². The summed E-state index contributed by atoms with van der Waals surface area (Å²) in [5.74, 6) is 0.789. The van der Waals surface area contributed by atoms with Crippen LogP contribution in [0.25, 0.3) is 0 Å². The summed E-state index contributed by atoms with van der Waals surface area (Å²) in [5, 5.41) is 3.25. The van der Waals surface area contributed by atoms with Crippen LogP contribution in [0.4, 0.5) is 0 Å². The van der Waals surface area contributed by atoms with Crippen molar-refractivity contribution in [3.8, 4) is 0 Å². The molecule has 1 amide bonds. The molecule has 0 aliphatic carbocycles. The summed E-state index contributed by atoms with van der Waals surface area (Å²) in [6, 6.07) is 1.83. The van der Waals surface area contributed by atoms with Gasteiger partial charge in [-0.2, -0.15) is 0 Å². The van der Waals surface area contributed by atoms with Gasteiger partial charge in [0.1, 0.15) is 5.76 Å². The summed E-state index contributed by atoms with van der Waals surface area (Å²) in [6.07, 6.45) is 2.30. The summed E-state index contributed by atoms with van der Waals surface area (Å²) in [6.45, 7) is 4.75. The maximum absolute atomic E-state index is 12.4. The number of amides is 1. The molecule has 1 fully saturated rings. The molecule has 5 nitrogen and oxygen atoms in total. The highest BCUT2D eigenvalue weighted by molar-refractivity contribution is 5.95. The number of piperazine rings is 1. The molecule has 0 spiro atoms. The van der Waals surface area contributed by atoms with Gasteiger partial charge in [0.25, 0.3) is 5.91 Å². The number of nitrogens with one attached hydrogen (secondary N) is 1. The van der Waals surface area contributed by atoms with Gasteiger partial charge in [0.2, 0.25) is 0 Å². The fourth-order valence-electron chi connectivity index (χ4n) is 2.20. The molecule has 2 rings (SSSR count). The first-order chi connectivity index (χ1) is 8.27. The molecular weight excluding hydrogens is 218 g/mol. The van der Waals surface area contributed by atoms with Gasteiger partial charge in [0.05, 0.1) is 17.9 Å². The number of carbonyl (C=O) groups is 1. The van der Waals surface area contributed by atoms with Crippen LogP contribution in [0.3, 0.4) is 0 Å². The highest BCUT2D eigenvalue weighted by atomic mass is 16.3. The Kier molecular flexibility index (Phi) is 3.81. The molecular formula is C12H19N3O2. The lowest BCUT2D eigenvalue weighted by Gasteiger charge is -2.35. The van der Waals surface area contributed by atoms with Crippen molar-refractivity contribution < 1.29 is 9.21 Å². The van der Waals surface area contributed by atoms with E-state index in [9.17, 15) is 4.79 Å². The van der Waals surface area contributed by atoms with E-state index in [1.165, 1.54) is 0 Å². The molecule has 0 bridgehead atoms. The molecule has 1 saturated heterocycles. The van der Waals surface area contributed by atoms with Crippen LogP contribution in [-0.2, 0) is 6.42 Å². The van der Waals surface area contributed by atoms with Crippen LogP contribution < -0.4 is 11.1 Å². The van der Waals surface area contributed by atoms with Crippen LogP contribution in [0.5, 0.6) is 0 Å². The molecule has 17 heavy (non-hydrogen) atoms. The Labute approximate surface area is 101 Å². The number of aryl methyl sites for hydroxylation is 1. The number of hydrogen-bond acceptors (Lipinski definition) is 4. The van der Waals surface area contributed by atoms with Gasteiger partial charge in [0, 0.05) is 32.6 Å². The van der Waals surface area contributed by atoms with Crippen LogP contribution in [-0.4, -0.2) is 43.0 Å². The van der Waals surface area contributed by atoms with Gasteiger partial charge in [-0.05, 0) is 6.07 Å². The Bertz CT molecular complexity index is 389. The fraction of sp³-hybridized carbons (Fsp3) is 0.583. The number of hydrogen-bond donors (Lipinski definition) is 2. The third-order valence-electron chi connectivity index (χ3n) is 3.18. The average molecular weight is 237 g/mol. The van der Waals surface area contributed by atoms with Crippen LogP contribution in [0.1, 0.15) is 23.0 Å². The lowest BCUT2D eigenvalue weighted by atomic mass is 10.1. The zero-order valence-corrected chi connectivity index (χ0v) is 10.1. The van der Waals surface area contributed by atoms with E-state index in [2.05, 4.69) is 5.32 Å². The summed E-state index contributed by atoms with van der Waals surface area (Å²) in [7, 11) is 0. The quantitative estimate of drug-likeness (QED) is 0.788. The van der Waals surface area contributed by atoms with Crippen LogP contribution in [0.2, 0.25) is 0 Å². The van der Waals surface area contributed by atoms with Crippen molar-refractivity contribution >= 4 is 5.91 Å². The zero-order chi connectivity index (χ0) is 12.3. The second-order valence-electron chi connectivity index (χ2n) is 4.20. The molecule has 94 valence electrons. The van der Waals surface area contributed by atoms with Crippen molar-refractivity contribution in [2.75, 3.05) is 26.2 Å². The Balaban J connectivity index is 2.18. The van der Waals surface area contributed by atoms with Gasteiger partial charge < -0.3 is 20.4 Å². The molecule has 1 aromatic heterocycles. The molecule has 1 unspecified atom stereocenters. The number of carbonyl (C=O) groups excluding carboxylic acids is 1. The smallest absolute Gasteiger partial charge is 0.257 e. The van der Waals surface area contributed by atoms with Gasteiger partial charge in [0.15, 0.2) is 0 Å². The Morgan fingerprint density at radius 2 is 2.53 bits per heavy atom. The SMILES string of the molecule is CCc1occc1C(=O)N1CCNCC1CN. The normalized spacial score (nSPS) is 20.6. The summed E-state index contributed by atoms with van der Waals surface area (Å²) < 4.78 is 5.30. The van der Waals surface area contributed by atoms with Crippen molar-refractivity contribution in [2.45, 2.75) is 19.4 Å². The van der Waals surface area contributed by atoms with Crippen LogP contribution in [0.15, 0.2) is 16.7 Å². The van der Waals surface area contributed by atoms with Gasteiger partial charge in [-0.1, -0.05) is 6.92 Å². The molecule has 1 aliphatic rings. The standard InChI is InChI=1S/C12H19N3O2/c1-2-11-10(3-6-17-11)12(16)15-5-4-14-8-9(15)7-13/h3,6,9,14H,2,4-5,7-8,13H2,1H3. The second-order valence-corrected chi connectivity index (χ2v) is 4.20. The molecule has 2 heterocycles. The third-order valence-corrected chi connectivity index (χ3v) is 3.18. The molecule has 0 aromatic carbocycles. The number of furan rings is 1. The topological polar surface area (TPSA) is 71.5 Å². The zero-order valence-electron chi connectivity index (χ0n) is 10.1. The van der Waals surface area contributed by atoms with Gasteiger partial charge in [-0.15, -0.1) is 0 Å². The molecule has 1 aromatic rings. The van der Waals surface area contributed by atoms with E-state index < -0.39 is 0 Å². The van der Waals surface area contributed by atoms with Crippen LogP contribution in [0, 0.1) is 0 Å². The van der Waals surface area contributed by atoms with Crippen molar-refractivity contribution in [3.63, 3.8) is 0 Å². The van der Waals surface area contributed by atoms with E-state index >= 15 is 0 Å². The van der Waals surface area contributed by atoms with E-state index in [-0.39, 0.29) is 11.9 Å². The maximum atomic E-state index is 12.4. The number of rotatable bonds is 3. The predicted molar refractivity (Wildman–Crippen MR) is 64.8 cm³/mol. The first-order valence-electron chi connectivity index (χ1n) is 6.06. The van der Waals surface area contributed by atoms with E-state index in [0.29, 0.717) is 18.7 Å². The molecule has 5 heteroatoms. The highest BCUT2D eigenvalue weighted by Crippen LogP contribution is 2.16. The third kappa shape index (κ3) is 2.35. The van der Waals surface area contributed by atoms with E-state index in [1.54, 1.807) is 12.3 Å². The van der Waals surface area contributed by atoms with E-state index in [1.807, 2.05) is 11.8 Å². The number of nitrogens with two attached hydrogens (primary N) is 1. The molecule has 0 radical (unpaired) electrons. The molecule has 1 aliphatic heterocycles. The van der Waals surface area contributed by atoms with Gasteiger partial charge >= 0.3 is 0 Å². The summed E-state index contributed by atoms with van der Waals surface area (Å²) >= 11 is 0. The average Bonchev–Trinajstić information content (AvgIpc) is 2.86. The Hall–Kier alpha value is -1.33. The van der Waals surface area contributed by atoms with E-state index in [0.717, 1.165) is 25.3 Å². The summed E-state index contributed by atoms with van der Waals surface area (Å²) in [5.41, 5.74) is 6.37. The predicted octanol–water partition coefficient (Wildman–Crippen LogP) is 0.215. The lowest BCUT2D eigenvalue weighted by molar-refractivity contribution is 0.0642. The van der Waals surface area contributed by atoms with Crippen LogP contribution >= 0.6 is 0 Å². The fourth-order valence-corrected chi connectivity index (χ4v) is 2.20. The number of nitrogens with zero attached hydrogens (tertiary/aromatic N) is 1. The molecule has 3 N–H and O–H groups in total. The monoisotopic (exact) mass is 237 g/mol. The van der Waals surface area contributed by atoms with Crippen molar-refractivity contribution in [1.29, 1.82) is 0 Å². The van der Waals surface area contributed by atoms with Crippen molar-refractivity contribution in [2.24, 2.45) is 5.73 Å². The minimum atomic E-state index is 0.0348. The second kappa shape index (κ2) is 5.33. The highest BCUT2D eigenvalue weighted by Gasteiger charge is 2.28. The Morgan fingerprint density at radius 3 is 3.24 bits per heavy atom. The maximum Gasteiger partial charge on any atom is 0.257 e. The lowest BCUT2D eigenvalue weighted by Crippen LogP contribution is -2.56. The Morgan fingerprint density at radius 1 is 1.71 bits per heavy atom. The minimum absolute atomic E-state index is 0.0348. The largest absolute Gasteiger partial charge is 0.469 e. The van der Waals surface area contributed by atoms with Gasteiger partial charge in [-0.3, -0.25) is 4.79 Å². The first-order valence-corrected chi connectivity index (χ1v) is 6.06. The molecule has 1 atom stereocenters. The van der Waals surface area contributed by atoms with Crippen molar-refractivity contribution in [3.05, 3.63) is 23.7 Å². The molecule has 0 saturated carbocycles. The van der Waals surface area contributed by atoms with Crippen molar-refractivity contribution in [1.82, 2.24) is 10.2 Å².